The number of aromatic carboxylic acids is 1. The molecule has 2 N–H and O–H groups in total. The van der Waals surface area contributed by atoms with Gasteiger partial charge in [-0.15, -0.1) is 23.2 Å². The highest BCUT2D eigenvalue weighted by Gasteiger charge is 2.28. The number of aryl methyl sites for hydroxylation is 1. The number of amides is 1. The van der Waals surface area contributed by atoms with Gasteiger partial charge in [-0.2, -0.15) is 0 Å². The summed E-state index contributed by atoms with van der Waals surface area (Å²) in [5.74, 6) is 5.39. The number of likely N-dealkylation sites (tertiary alicyclic amines) is 1. The van der Waals surface area contributed by atoms with Gasteiger partial charge in [0.1, 0.15) is 4.88 Å². The smallest absolute Gasteiger partial charge is 0.345 e. The first-order chi connectivity index (χ1) is 13.4. The largest absolute Gasteiger partial charge is 0.477 e. The third-order valence-electron chi connectivity index (χ3n) is 4.91. The first-order valence-electron chi connectivity index (χ1n) is 9.86. The van der Waals surface area contributed by atoms with E-state index in [4.69, 9.17) is 5.11 Å². The summed E-state index contributed by atoms with van der Waals surface area (Å²) in [5.41, 5.74) is 0. The van der Waals surface area contributed by atoms with Crippen molar-refractivity contribution in [1.29, 1.82) is 0 Å². The van der Waals surface area contributed by atoms with Crippen LogP contribution in [0.5, 0.6) is 0 Å². The van der Waals surface area contributed by atoms with E-state index in [9.17, 15) is 14.7 Å². The summed E-state index contributed by atoms with van der Waals surface area (Å²) in [5, 5.41) is 19.3. The van der Waals surface area contributed by atoms with Crippen molar-refractivity contribution < 1.29 is 19.8 Å². The number of carboxylic acid groups (broad SMARTS) is 1. The van der Waals surface area contributed by atoms with Crippen LogP contribution in [-0.2, 0) is 11.2 Å². The first-order valence-corrected chi connectivity index (χ1v) is 10.7. The van der Waals surface area contributed by atoms with Crippen LogP contribution in [0.15, 0.2) is 24.3 Å². The lowest BCUT2D eigenvalue weighted by Gasteiger charge is -2.23. The van der Waals surface area contributed by atoms with Gasteiger partial charge in [0.15, 0.2) is 0 Å². The molecule has 2 rings (SSSR count). The minimum atomic E-state index is -0.898. The van der Waals surface area contributed by atoms with E-state index < -0.39 is 12.1 Å². The van der Waals surface area contributed by atoms with Crippen LogP contribution in [0.2, 0.25) is 0 Å². The zero-order chi connectivity index (χ0) is 20.5. The van der Waals surface area contributed by atoms with Crippen LogP contribution in [-0.4, -0.2) is 45.7 Å². The molecule has 0 radical (unpaired) electrons. The van der Waals surface area contributed by atoms with E-state index in [0.29, 0.717) is 24.3 Å². The number of carbonyl (C=O) groups excluding carboxylic acids is 1. The molecule has 28 heavy (non-hydrogen) atoms. The van der Waals surface area contributed by atoms with E-state index in [0.717, 1.165) is 30.6 Å². The molecule has 3 atom stereocenters. The molecule has 1 aromatic rings. The molecule has 0 saturated carbocycles. The topological polar surface area (TPSA) is 77.8 Å². The van der Waals surface area contributed by atoms with E-state index in [1.54, 1.807) is 12.1 Å². The minimum Gasteiger partial charge on any atom is -0.477 e. The Morgan fingerprint density at radius 3 is 2.89 bits per heavy atom. The lowest BCUT2D eigenvalue weighted by Crippen LogP contribution is -2.33. The lowest BCUT2D eigenvalue weighted by atomic mass is 10.00. The van der Waals surface area contributed by atoms with Crippen molar-refractivity contribution in [2.24, 2.45) is 5.92 Å². The number of nitrogens with zero attached hydrogens (tertiary/aromatic N) is 1. The Kier molecular flexibility index (Phi) is 8.75. The van der Waals surface area contributed by atoms with Crippen LogP contribution in [0.4, 0.5) is 0 Å². The second kappa shape index (κ2) is 11.0. The Labute approximate surface area is 171 Å². The summed E-state index contributed by atoms with van der Waals surface area (Å²) >= 11 is 1.29. The highest BCUT2D eigenvalue weighted by Crippen LogP contribution is 2.23. The minimum absolute atomic E-state index is 0.0222. The molecule has 1 aliphatic rings. The van der Waals surface area contributed by atoms with Gasteiger partial charge in [-0.1, -0.05) is 26.0 Å². The maximum Gasteiger partial charge on any atom is 0.345 e. The summed E-state index contributed by atoms with van der Waals surface area (Å²) in [6.45, 7) is 4.62. The fourth-order valence-corrected chi connectivity index (χ4v) is 4.10. The van der Waals surface area contributed by atoms with Gasteiger partial charge in [-0.3, -0.25) is 4.79 Å². The zero-order valence-corrected chi connectivity index (χ0v) is 17.4. The van der Waals surface area contributed by atoms with Crippen LogP contribution in [0.25, 0.3) is 0 Å². The van der Waals surface area contributed by atoms with Crippen molar-refractivity contribution in [3.63, 3.8) is 0 Å². The van der Waals surface area contributed by atoms with Gasteiger partial charge in [0.05, 0.1) is 12.1 Å². The van der Waals surface area contributed by atoms with Gasteiger partial charge in [0.2, 0.25) is 5.91 Å². The Hall–Kier alpha value is -2.10. The number of rotatable bonds is 9. The highest BCUT2D eigenvalue weighted by molar-refractivity contribution is 7.13. The summed E-state index contributed by atoms with van der Waals surface area (Å²) < 4.78 is 0. The Balaban J connectivity index is 1.85. The normalized spacial score (nSPS) is 18.9. The average molecular weight is 404 g/mol. The van der Waals surface area contributed by atoms with Crippen LogP contribution in [0.3, 0.4) is 0 Å². The molecule has 0 aromatic carbocycles. The number of carboxylic acids is 1. The number of hydrogen-bond acceptors (Lipinski definition) is 4. The molecule has 0 aliphatic carbocycles. The van der Waals surface area contributed by atoms with E-state index in [1.807, 2.05) is 30.9 Å². The molecule has 1 amide bonds. The SMILES string of the molecule is CCC#CC[C@@H](C)[C@H](O)/C=C/[C@H]1CCC(=O)N1CCCc1ccc(C(=O)O)s1. The second-order valence-corrected chi connectivity index (χ2v) is 8.30. The molecule has 6 heteroatoms. The van der Waals surface area contributed by atoms with Gasteiger partial charge in [0.25, 0.3) is 0 Å². The fraction of sp³-hybridized carbons (Fsp3) is 0.545. The van der Waals surface area contributed by atoms with E-state index >= 15 is 0 Å². The second-order valence-electron chi connectivity index (χ2n) is 7.13. The number of hydrogen-bond donors (Lipinski definition) is 2. The molecule has 2 heterocycles. The molecule has 1 aromatic heterocycles. The van der Waals surface area contributed by atoms with Crippen molar-refractivity contribution in [2.45, 2.75) is 64.5 Å². The standard InChI is InChI=1S/C22H29NO4S/c1-3-4-5-7-16(2)19(24)12-9-17-10-14-21(25)23(17)15-6-8-18-11-13-20(28-18)22(26)27/h9,11-13,16-17,19,24H,3,6-8,10,14-15H2,1-2H3,(H,26,27)/b12-9+/t16-,17+,19-/m1/s1. The summed E-state index contributed by atoms with van der Waals surface area (Å²) in [6.07, 6.45) is 7.52. The summed E-state index contributed by atoms with van der Waals surface area (Å²) in [4.78, 5) is 26.4. The average Bonchev–Trinajstić information content (AvgIpc) is 3.27. The molecule has 5 nitrogen and oxygen atoms in total. The maximum absolute atomic E-state index is 12.2. The predicted molar refractivity (Wildman–Crippen MR) is 111 cm³/mol. The Bertz CT molecular complexity index is 758. The molecule has 1 fully saturated rings. The summed E-state index contributed by atoms with van der Waals surface area (Å²) in [6, 6.07) is 3.49. The predicted octanol–water partition coefficient (Wildman–Crippen LogP) is 3.73. The molecular weight excluding hydrogens is 374 g/mol. The third-order valence-corrected chi connectivity index (χ3v) is 6.04. The maximum atomic E-state index is 12.2. The quantitative estimate of drug-likeness (QED) is 0.486. The van der Waals surface area contributed by atoms with Crippen molar-refractivity contribution in [3.8, 4) is 11.8 Å². The number of thiophene rings is 1. The third kappa shape index (κ3) is 6.50. The lowest BCUT2D eigenvalue weighted by molar-refractivity contribution is -0.128. The van der Waals surface area contributed by atoms with Gasteiger partial charge in [0, 0.05) is 30.7 Å². The molecule has 0 bridgehead atoms. The Morgan fingerprint density at radius 2 is 2.21 bits per heavy atom. The van der Waals surface area contributed by atoms with Crippen molar-refractivity contribution in [1.82, 2.24) is 4.90 Å². The fourth-order valence-electron chi connectivity index (χ4n) is 3.21. The number of aliphatic hydroxyl groups is 1. The zero-order valence-electron chi connectivity index (χ0n) is 16.6. The molecule has 0 unspecified atom stereocenters. The van der Waals surface area contributed by atoms with Gasteiger partial charge < -0.3 is 15.1 Å². The molecule has 1 aliphatic heterocycles. The van der Waals surface area contributed by atoms with Gasteiger partial charge in [-0.25, -0.2) is 4.79 Å². The molecule has 1 saturated heterocycles. The molecule has 0 spiro atoms. The molecule has 152 valence electrons. The highest BCUT2D eigenvalue weighted by atomic mass is 32.1. The summed E-state index contributed by atoms with van der Waals surface area (Å²) in [7, 11) is 0. The van der Waals surface area contributed by atoms with Gasteiger partial charge >= 0.3 is 5.97 Å². The van der Waals surface area contributed by atoms with Crippen LogP contribution in [0.1, 0.15) is 60.5 Å². The van der Waals surface area contributed by atoms with Gasteiger partial charge in [-0.05, 0) is 37.3 Å². The number of aliphatic hydroxyl groups excluding tert-OH is 1. The van der Waals surface area contributed by atoms with Crippen LogP contribution < -0.4 is 0 Å². The molecular formula is C22H29NO4S. The van der Waals surface area contributed by atoms with E-state index in [1.165, 1.54) is 11.3 Å². The number of carbonyl (C=O) groups is 2. The van der Waals surface area contributed by atoms with Crippen LogP contribution >= 0.6 is 11.3 Å². The van der Waals surface area contributed by atoms with Crippen molar-refractivity contribution >= 4 is 23.2 Å². The van der Waals surface area contributed by atoms with Crippen LogP contribution in [0, 0.1) is 17.8 Å². The van der Waals surface area contributed by atoms with Crippen molar-refractivity contribution in [2.75, 3.05) is 6.54 Å². The first kappa shape index (κ1) is 22.2. The Morgan fingerprint density at radius 1 is 1.43 bits per heavy atom. The van der Waals surface area contributed by atoms with Crippen molar-refractivity contribution in [3.05, 3.63) is 34.0 Å². The van der Waals surface area contributed by atoms with E-state index in [-0.39, 0.29) is 17.9 Å². The van der Waals surface area contributed by atoms with E-state index in [2.05, 4.69) is 11.8 Å². The monoisotopic (exact) mass is 403 g/mol.